The first-order valence-corrected chi connectivity index (χ1v) is 6.31. The Balaban J connectivity index is 1.66. The predicted molar refractivity (Wildman–Crippen MR) is 62.9 cm³/mol. The van der Waals surface area contributed by atoms with Crippen molar-refractivity contribution in [2.24, 2.45) is 5.92 Å². The van der Waals surface area contributed by atoms with Gasteiger partial charge in [0, 0.05) is 25.8 Å². The Morgan fingerprint density at radius 1 is 1.33 bits per heavy atom. The molecule has 1 amide bonds. The molecular formula is C12H17N3O3. The summed E-state index contributed by atoms with van der Waals surface area (Å²) in [5.41, 5.74) is 0.525. The Bertz CT molecular complexity index is 445. The third kappa shape index (κ3) is 2.26. The zero-order chi connectivity index (χ0) is 12.7. The van der Waals surface area contributed by atoms with Gasteiger partial charge < -0.3 is 15.1 Å². The van der Waals surface area contributed by atoms with E-state index >= 15 is 0 Å². The highest BCUT2D eigenvalue weighted by Crippen LogP contribution is 2.30. The van der Waals surface area contributed by atoms with Crippen LogP contribution in [0.3, 0.4) is 0 Å². The Morgan fingerprint density at radius 3 is 2.61 bits per heavy atom. The van der Waals surface area contributed by atoms with Gasteiger partial charge in [-0.25, -0.2) is 0 Å². The van der Waals surface area contributed by atoms with E-state index in [0.717, 1.165) is 6.54 Å². The molecule has 2 N–H and O–H groups in total. The quantitative estimate of drug-likeness (QED) is 0.757. The molecule has 0 unspecified atom stereocenters. The number of likely N-dealkylation sites (tertiary alicyclic amines) is 1. The molecule has 98 valence electrons. The Kier molecular flexibility index (Phi) is 2.83. The van der Waals surface area contributed by atoms with Gasteiger partial charge in [-0.2, -0.15) is 5.10 Å². The number of hydrogen-bond donors (Lipinski definition) is 2. The van der Waals surface area contributed by atoms with Gasteiger partial charge in [0.25, 0.3) is 5.91 Å². The largest absolute Gasteiger partial charge is 0.388 e. The molecule has 6 nitrogen and oxygen atoms in total. The van der Waals surface area contributed by atoms with Gasteiger partial charge in [-0.05, 0) is 18.8 Å². The van der Waals surface area contributed by atoms with Crippen LogP contribution in [0.1, 0.15) is 23.2 Å². The fourth-order valence-electron chi connectivity index (χ4n) is 2.26. The van der Waals surface area contributed by atoms with Crippen molar-refractivity contribution in [2.45, 2.75) is 31.6 Å². The van der Waals surface area contributed by atoms with Gasteiger partial charge >= 0.3 is 0 Å². The minimum atomic E-state index is -0.838. The van der Waals surface area contributed by atoms with E-state index in [2.05, 4.69) is 5.10 Å². The van der Waals surface area contributed by atoms with Crippen LogP contribution >= 0.6 is 0 Å². The molecule has 1 aliphatic carbocycles. The van der Waals surface area contributed by atoms with Gasteiger partial charge in [-0.15, -0.1) is 0 Å². The molecule has 1 aromatic heterocycles. The average molecular weight is 251 g/mol. The normalized spacial score (nSPS) is 27.8. The summed E-state index contributed by atoms with van der Waals surface area (Å²) in [5, 5.41) is 23.0. The molecule has 0 bridgehead atoms. The summed E-state index contributed by atoms with van der Waals surface area (Å²) >= 11 is 0. The first-order valence-electron chi connectivity index (χ1n) is 6.31. The fraction of sp³-hybridized carbons (Fsp3) is 0.667. The number of aliphatic hydroxyl groups is 2. The lowest BCUT2D eigenvalue weighted by atomic mass is 10.3. The lowest BCUT2D eigenvalue weighted by Gasteiger charge is -2.13. The van der Waals surface area contributed by atoms with E-state index in [0.29, 0.717) is 11.5 Å². The molecule has 2 atom stereocenters. The lowest BCUT2D eigenvalue weighted by molar-refractivity contribution is 0.0572. The summed E-state index contributed by atoms with van der Waals surface area (Å²) in [6.07, 6.45) is 4.12. The molecule has 3 rings (SSSR count). The van der Waals surface area contributed by atoms with E-state index < -0.39 is 12.2 Å². The summed E-state index contributed by atoms with van der Waals surface area (Å²) in [6.45, 7) is 1.25. The maximum Gasteiger partial charge on any atom is 0.257 e. The number of hydrogen-bond acceptors (Lipinski definition) is 4. The summed E-state index contributed by atoms with van der Waals surface area (Å²) in [5.74, 6) is 0.538. The van der Waals surface area contributed by atoms with Crippen LogP contribution < -0.4 is 0 Å². The van der Waals surface area contributed by atoms with Crippen LogP contribution in [0.4, 0.5) is 0 Å². The number of β-amino-alcohol motifs (C(OH)–C–C–N with tert-alkyl or cyclic N) is 2. The maximum absolute atomic E-state index is 12.1. The smallest absolute Gasteiger partial charge is 0.257 e. The Hall–Kier alpha value is -1.40. The fourth-order valence-corrected chi connectivity index (χ4v) is 2.26. The monoisotopic (exact) mass is 251 g/mol. The highest BCUT2D eigenvalue weighted by molar-refractivity contribution is 5.94. The van der Waals surface area contributed by atoms with Gasteiger partial charge in [-0.1, -0.05) is 0 Å². The molecule has 18 heavy (non-hydrogen) atoms. The summed E-state index contributed by atoms with van der Waals surface area (Å²) in [4.78, 5) is 13.6. The third-order valence-electron chi connectivity index (χ3n) is 3.57. The standard InChI is InChI=1S/C12H17N3O3/c16-10-6-14(7-11(10)17)12(18)9-3-13-15(5-9)4-8-1-2-8/h3,5,8,10-11,16-17H,1-2,4,6-7H2/t10-,11-/m1/s1. The van der Waals surface area contributed by atoms with Crippen LogP contribution in [0.5, 0.6) is 0 Å². The molecule has 1 saturated heterocycles. The van der Waals surface area contributed by atoms with Crippen LogP contribution in [0.25, 0.3) is 0 Å². The number of aliphatic hydroxyl groups excluding tert-OH is 2. The highest BCUT2D eigenvalue weighted by atomic mass is 16.3. The van der Waals surface area contributed by atoms with Crippen molar-refractivity contribution in [1.29, 1.82) is 0 Å². The Labute approximate surface area is 105 Å². The van der Waals surface area contributed by atoms with Crippen molar-refractivity contribution >= 4 is 5.91 Å². The number of amides is 1. The zero-order valence-corrected chi connectivity index (χ0v) is 10.1. The number of carbonyl (C=O) groups excluding carboxylic acids is 1. The van der Waals surface area contributed by atoms with Crippen molar-refractivity contribution in [1.82, 2.24) is 14.7 Å². The van der Waals surface area contributed by atoms with E-state index in [4.69, 9.17) is 0 Å². The minimum Gasteiger partial charge on any atom is -0.388 e. The molecule has 2 heterocycles. The summed E-state index contributed by atoms with van der Waals surface area (Å²) in [6, 6.07) is 0. The molecule has 1 aliphatic heterocycles. The highest BCUT2D eigenvalue weighted by Gasteiger charge is 2.33. The first-order chi connectivity index (χ1) is 8.63. The minimum absolute atomic E-state index is 0.173. The second-order valence-electron chi connectivity index (χ2n) is 5.24. The molecule has 0 spiro atoms. The molecule has 2 aliphatic rings. The van der Waals surface area contributed by atoms with Gasteiger partial charge in [-0.3, -0.25) is 9.48 Å². The van der Waals surface area contributed by atoms with Crippen molar-refractivity contribution in [2.75, 3.05) is 13.1 Å². The third-order valence-corrected chi connectivity index (χ3v) is 3.57. The lowest BCUT2D eigenvalue weighted by Crippen LogP contribution is -2.29. The SMILES string of the molecule is O=C(c1cnn(CC2CC2)c1)N1C[C@@H](O)[C@H](O)C1. The van der Waals surface area contributed by atoms with Crippen LogP contribution in [0, 0.1) is 5.92 Å². The number of aromatic nitrogens is 2. The summed E-state index contributed by atoms with van der Waals surface area (Å²) in [7, 11) is 0. The molecule has 0 radical (unpaired) electrons. The van der Waals surface area contributed by atoms with Crippen molar-refractivity contribution in [3.8, 4) is 0 Å². The van der Waals surface area contributed by atoms with Crippen LogP contribution in [-0.4, -0.2) is 56.1 Å². The number of carbonyl (C=O) groups is 1. The molecule has 2 fully saturated rings. The van der Waals surface area contributed by atoms with Gasteiger partial charge in [0.15, 0.2) is 0 Å². The van der Waals surface area contributed by atoms with Crippen molar-refractivity contribution in [3.63, 3.8) is 0 Å². The maximum atomic E-state index is 12.1. The topological polar surface area (TPSA) is 78.6 Å². The average Bonchev–Trinajstić information content (AvgIpc) is 2.91. The van der Waals surface area contributed by atoms with E-state index in [1.54, 1.807) is 17.1 Å². The van der Waals surface area contributed by atoms with Crippen molar-refractivity contribution < 1.29 is 15.0 Å². The molecule has 1 aromatic rings. The van der Waals surface area contributed by atoms with Gasteiger partial charge in [0.05, 0.1) is 24.0 Å². The van der Waals surface area contributed by atoms with Crippen molar-refractivity contribution in [3.05, 3.63) is 18.0 Å². The predicted octanol–water partition coefficient (Wildman–Crippen LogP) is -0.529. The van der Waals surface area contributed by atoms with E-state index in [1.165, 1.54) is 17.7 Å². The van der Waals surface area contributed by atoms with E-state index in [9.17, 15) is 15.0 Å². The molecule has 0 aromatic carbocycles. The van der Waals surface area contributed by atoms with Crippen LogP contribution in [0.15, 0.2) is 12.4 Å². The second-order valence-corrected chi connectivity index (χ2v) is 5.24. The Morgan fingerprint density at radius 2 is 2.00 bits per heavy atom. The summed E-state index contributed by atoms with van der Waals surface area (Å²) < 4.78 is 1.80. The molecule has 6 heteroatoms. The number of rotatable bonds is 3. The van der Waals surface area contributed by atoms with E-state index in [1.807, 2.05) is 0 Å². The number of nitrogens with zero attached hydrogens (tertiary/aromatic N) is 3. The zero-order valence-electron chi connectivity index (χ0n) is 10.1. The van der Waals surface area contributed by atoms with Crippen LogP contribution in [0.2, 0.25) is 0 Å². The van der Waals surface area contributed by atoms with Gasteiger partial charge in [0.2, 0.25) is 0 Å². The first kappa shape index (κ1) is 11.7. The molecular weight excluding hydrogens is 234 g/mol. The second kappa shape index (κ2) is 4.37. The van der Waals surface area contributed by atoms with E-state index in [-0.39, 0.29) is 19.0 Å². The molecule has 1 saturated carbocycles. The van der Waals surface area contributed by atoms with Crippen LogP contribution in [-0.2, 0) is 6.54 Å². The van der Waals surface area contributed by atoms with Gasteiger partial charge in [0.1, 0.15) is 0 Å².